The van der Waals surface area contributed by atoms with Crippen LogP contribution in [0.4, 0.5) is 17.6 Å². The summed E-state index contributed by atoms with van der Waals surface area (Å²) in [5.74, 6) is -1.41. The zero-order valence-corrected chi connectivity index (χ0v) is 8.38. The number of hydrogen-bond donors (Lipinski definition) is 1. The van der Waals surface area contributed by atoms with Gasteiger partial charge < -0.3 is 9.84 Å². The molecule has 0 aliphatic heterocycles. The largest absolute Gasteiger partial charge is 0.481 e. The molecule has 1 aromatic rings. The van der Waals surface area contributed by atoms with Gasteiger partial charge in [-0.05, 0) is 24.6 Å². The third-order valence-corrected chi connectivity index (χ3v) is 1.83. The molecule has 1 rings (SSSR count). The average Bonchev–Trinajstić information content (AvgIpc) is 2.14. The van der Waals surface area contributed by atoms with Crippen LogP contribution < -0.4 is 4.74 Å². The molecule has 0 amide bonds. The molecule has 0 saturated carbocycles. The molecule has 0 unspecified atom stereocenters. The molecule has 0 spiro atoms. The van der Waals surface area contributed by atoms with Gasteiger partial charge in [0.05, 0.1) is 6.10 Å². The lowest BCUT2D eigenvalue weighted by atomic mass is 10.1. The number of rotatable bonds is 3. The predicted octanol–water partition coefficient (Wildman–Crippen LogP) is 2.82. The molecule has 0 saturated heterocycles. The van der Waals surface area contributed by atoms with E-state index in [4.69, 9.17) is 5.11 Å². The Morgan fingerprint density at radius 2 is 2.00 bits per heavy atom. The Labute approximate surface area is 89.5 Å². The normalized spacial score (nSPS) is 13.6. The van der Waals surface area contributed by atoms with E-state index in [1.54, 1.807) is 0 Å². The van der Waals surface area contributed by atoms with Crippen LogP contribution in [0.3, 0.4) is 0 Å². The van der Waals surface area contributed by atoms with Gasteiger partial charge in [-0.3, -0.25) is 0 Å². The number of benzene rings is 1. The van der Waals surface area contributed by atoms with E-state index >= 15 is 0 Å². The van der Waals surface area contributed by atoms with Crippen molar-refractivity contribution in [3.63, 3.8) is 0 Å². The van der Waals surface area contributed by atoms with Crippen LogP contribution in [0.2, 0.25) is 0 Å². The number of aliphatic hydroxyl groups is 1. The van der Waals surface area contributed by atoms with Crippen LogP contribution in [0.15, 0.2) is 18.2 Å². The lowest BCUT2D eigenvalue weighted by Crippen LogP contribution is -2.19. The lowest BCUT2D eigenvalue weighted by molar-refractivity contribution is -0.153. The van der Waals surface area contributed by atoms with Crippen LogP contribution in [-0.4, -0.2) is 17.9 Å². The van der Waals surface area contributed by atoms with Gasteiger partial charge in [0.1, 0.15) is 0 Å². The number of halogens is 4. The molecule has 0 heterocycles. The molecule has 0 aromatic heterocycles. The molecule has 2 nitrogen and oxygen atoms in total. The summed E-state index contributed by atoms with van der Waals surface area (Å²) >= 11 is 0. The van der Waals surface area contributed by atoms with Crippen LogP contribution in [-0.2, 0) is 0 Å². The molecular formula is C10H10F4O2. The molecule has 0 aliphatic rings. The van der Waals surface area contributed by atoms with Gasteiger partial charge in [-0.2, -0.15) is 13.2 Å². The van der Waals surface area contributed by atoms with E-state index in [9.17, 15) is 17.6 Å². The minimum atomic E-state index is -4.50. The molecule has 0 aliphatic carbocycles. The highest BCUT2D eigenvalue weighted by molar-refractivity contribution is 5.30. The van der Waals surface area contributed by atoms with Gasteiger partial charge >= 0.3 is 6.18 Å². The summed E-state index contributed by atoms with van der Waals surface area (Å²) in [6, 6.07) is 3.30. The van der Waals surface area contributed by atoms with Crippen LogP contribution in [0.1, 0.15) is 18.6 Å². The van der Waals surface area contributed by atoms with E-state index < -0.39 is 30.5 Å². The monoisotopic (exact) mass is 238 g/mol. The Bertz CT molecular complexity index is 360. The average molecular weight is 238 g/mol. The molecule has 16 heavy (non-hydrogen) atoms. The Kier molecular flexibility index (Phi) is 3.74. The summed E-state index contributed by atoms with van der Waals surface area (Å²) in [7, 11) is 0. The van der Waals surface area contributed by atoms with Crippen molar-refractivity contribution in [3.8, 4) is 5.75 Å². The maximum atomic E-state index is 13.2. The lowest BCUT2D eigenvalue weighted by Gasteiger charge is -2.11. The van der Waals surface area contributed by atoms with Gasteiger partial charge in [0.25, 0.3) is 0 Å². The molecule has 0 bridgehead atoms. The van der Waals surface area contributed by atoms with E-state index in [2.05, 4.69) is 4.74 Å². The summed E-state index contributed by atoms with van der Waals surface area (Å²) in [5.41, 5.74) is 0.275. The van der Waals surface area contributed by atoms with E-state index in [0.717, 1.165) is 12.1 Å². The quantitative estimate of drug-likeness (QED) is 0.820. The van der Waals surface area contributed by atoms with Crippen molar-refractivity contribution in [1.82, 2.24) is 0 Å². The summed E-state index contributed by atoms with van der Waals surface area (Å²) in [4.78, 5) is 0. The predicted molar refractivity (Wildman–Crippen MR) is 48.6 cm³/mol. The summed E-state index contributed by atoms with van der Waals surface area (Å²) in [6.45, 7) is -0.122. The molecule has 1 aromatic carbocycles. The zero-order valence-electron chi connectivity index (χ0n) is 8.38. The summed E-state index contributed by atoms with van der Waals surface area (Å²) in [6.07, 6.45) is -5.39. The first kappa shape index (κ1) is 12.8. The first-order valence-electron chi connectivity index (χ1n) is 4.46. The van der Waals surface area contributed by atoms with E-state index in [1.165, 1.54) is 13.0 Å². The molecule has 6 heteroatoms. The van der Waals surface area contributed by atoms with E-state index in [-0.39, 0.29) is 5.56 Å². The smallest absolute Gasteiger partial charge is 0.422 e. The Morgan fingerprint density at radius 3 is 2.44 bits per heavy atom. The van der Waals surface area contributed by atoms with Gasteiger partial charge in [0, 0.05) is 0 Å². The van der Waals surface area contributed by atoms with Gasteiger partial charge in [-0.1, -0.05) is 6.07 Å². The number of aliphatic hydroxyl groups excluding tert-OH is 1. The Hall–Kier alpha value is -1.30. The van der Waals surface area contributed by atoms with Crippen molar-refractivity contribution >= 4 is 0 Å². The van der Waals surface area contributed by atoms with Crippen molar-refractivity contribution < 1.29 is 27.4 Å². The second kappa shape index (κ2) is 4.69. The fourth-order valence-electron chi connectivity index (χ4n) is 1.05. The molecule has 1 N–H and O–H groups in total. The zero-order chi connectivity index (χ0) is 12.3. The first-order valence-corrected chi connectivity index (χ1v) is 4.46. The van der Waals surface area contributed by atoms with Gasteiger partial charge in [-0.15, -0.1) is 0 Å². The second-order valence-electron chi connectivity index (χ2n) is 3.27. The van der Waals surface area contributed by atoms with E-state index in [0.29, 0.717) is 0 Å². The highest BCUT2D eigenvalue weighted by Crippen LogP contribution is 2.24. The van der Waals surface area contributed by atoms with Gasteiger partial charge in [-0.25, -0.2) is 4.39 Å². The maximum Gasteiger partial charge on any atom is 0.422 e. The highest BCUT2D eigenvalue weighted by atomic mass is 19.4. The maximum absolute atomic E-state index is 13.2. The SMILES string of the molecule is C[C@H](O)c1ccc(OCC(F)(F)F)c(F)c1. The van der Waals surface area contributed by atoms with Crippen molar-refractivity contribution in [2.45, 2.75) is 19.2 Å². The van der Waals surface area contributed by atoms with Crippen molar-refractivity contribution in [3.05, 3.63) is 29.6 Å². The van der Waals surface area contributed by atoms with Crippen molar-refractivity contribution in [2.75, 3.05) is 6.61 Å². The minimum Gasteiger partial charge on any atom is -0.481 e. The topological polar surface area (TPSA) is 29.5 Å². The molecule has 0 radical (unpaired) electrons. The van der Waals surface area contributed by atoms with Crippen LogP contribution in [0, 0.1) is 5.82 Å². The minimum absolute atomic E-state index is 0.275. The van der Waals surface area contributed by atoms with Crippen LogP contribution >= 0.6 is 0 Å². The third kappa shape index (κ3) is 3.69. The highest BCUT2D eigenvalue weighted by Gasteiger charge is 2.28. The van der Waals surface area contributed by atoms with Crippen LogP contribution in [0.25, 0.3) is 0 Å². The summed E-state index contributed by atoms with van der Waals surface area (Å²) in [5, 5.41) is 9.11. The Morgan fingerprint density at radius 1 is 1.38 bits per heavy atom. The fourth-order valence-corrected chi connectivity index (χ4v) is 1.05. The molecule has 1 atom stereocenters. The van der Waals surface area contributed by atoms with Crippen LogP contribution in [0.5, 0.6) is 5.75 Å². The van der Waals surface area contributed by atoms with Gasteiger partial charge in [0.2, 0.25) is 0 Å². The number of ether oxygens (including phenoxy) is 1. The molecule has 90 valence electrons. The number of hydrogen-bond acceptors (Lipinski definition) is 2. The standard InChI is InChI=1S/C10H10F4O2/c1-6(15)7-2-3-9(8(11)4-7)16-5-10(12,13)14/h2-4,6,15H,5H2,1H3/t6-/m0/s1. The van der Waals surface area contributed by atoms with E-state index in [1.807, 2.05) is 0 Å². The first-order chi connectivity index (χ1) is 7.29. The van der Waals surface area contributed by atoms with Crippen molar-refractivity contribution in [1.29, 1.82) is 0 Å². The molecular weight excluding hydrogens is 228 g/mol. The summed E-state index contributed by atoms with van der Waals surface area (Å²) < 4.78 is 52.8. The number of alkyl halides is 3. The fraction of sp³-hybridized carbons (Fsp3) is 0.400. The third-order valence-electron chi connectivity index (χ3n) is 1.83. The van der Waals surface area contributed by atoms with Crippen molar-refractivity contribution in [2.24, 2.45) is 0 Å². The van der Waals surface area contributed by atoms with Gasteiger partial charge in [0.15, 0.2) is 18.2 Å². The molecule has 0 fully saturated rings. The Balaban J connectivity index is 2.76. The second-order valence-corrected chi connectivity index (χ2v) is 3.27.